The van der Waals surface area contributed by atoms with Gasteiger partial charge in [0.05, 0.1) is 18.0 Å². The molecular formula is C13H12F3N3O. The van der Waals surface area contributed by atoms with Crippen molar-refractivity contribution in [2.45, 2.75) is 25.1 Å². The van der Waals surface area contributed by atoms with E-state index in [1.54, 1.807) is 4.90 Å². The number of fused-ring (bicyclic) bond motifs is 3. The third-order valence-corrected chi connectivity index (χ3v) is 3.72. The first-order valence-corrected chi connectivity index (χ1v) is 6.36. The SMILES string of the molecule is N#CC1CCC2COc3ccc(C(F)(F)F)nc3N2C1. The highest BCUT2D eigenvalue weighted by Gasteiger charge is 2.38. The molecule has 3 heterocycles. The molecule has 20 heavy (non-hydrogen) atoms. The quantitative estimate of drug-likeness (QED) is 0.734. The van der Waals surface area contributed by atoms with Crippen LogP contribution in [0.3, 0.4) is 0 Å². The number of nitrogens with zero attached hydrogens (tertiary/aromatic N) is 3. The number of anilines is 1. The van der Waals surface area contributed by atoms with Crippen molar-refractivity contribution in [3.63, 3.8) is 0 Å². The molecule has 1 aromatic heterocycles. The highest BCUT2D eigenvalue weighted by molar-refractivity contribution is 5.56. The van der Waals surface area contributed by atoms with Crippen molar-refractivity contribution < 1.29 is 17.9 Å². The number of hydrogen-bond acceptors (Lipinski definition) is 4. The average molecular weight is 283 g/mol. The smallest absolute Gasteiger partial charge is 0.433 e. The van der Waals surface area contributed by atoms with Crippen LogP contribution >= 0.6 is 0 Å². The van der Waals surface area contributed by atoms with Crippen molar-refractivity contribution >= 4 is 5.82 Å². The standard InChI is InChI=1S/C13H12F3N3O/c14-13(15,16)11-4-3-10-12(18-11)19-6-8(5-17)1-2-9(19)7-20-10/h3-4,8-9H,1-2,6-7H2. The summed E-state index contributed by atoms with van der Waals surface area (Å²) in [4.78, 5) is 5.49. The van der Waals surface area contributed by atoms with E-state index in [1.165, 1.54) is 6.07 Å². The van der Waals surface area contributed by atoms with Crippen molar-refractivity contribution in [2.24, 2.45) is 5.92 Å². The molecule has 0 spiro atoms. The van der Waals surface area contributed by atoms with Gasteiger partial charge in [0.25, 0.3) is 0 Å². The maximum atomic E-state index is 12.8. The van der Waals surface area contributed by atoms with Crippen LogP contribution in [0.1, 0.15) is 18.5 Å². The predicted octanol–water partition coefficient (Wildman–Crippen LogP) is 2.60. The Labute approximate surface area is 113 Å². The Kier molecular flexibility index (Phi) is 2.96. The minimum Gasteiger partial charge on any atom is -0.488 e. The summed E-state index contributed by atoms with van der Waals surface area (Å²) < 4.78 is 43.7. The molecule has 0 radical (unpaired) electrons. The fourth-order valence-electron chi connectivity index (χ4n) is 2.66. The predicted molar refractivity (Wildman–Crippen MR) is 64.2 cm³/mol. The third-order valence-electron chi connectivity index (χ3n) is 3.72. The van der Waals surface area contributed by atoms with Crippen molar-refractivity contribution in [2.75, 3.05) is 18.1 Å². The first-order chi connectivity index (χ1) is 9.49. The van der Waals surface area contributed by atoms with Crippen molar-refractivity contribution in [1.82, 2.24) is 4.98 Å². The van der Waals surface area contributed by atoms with Gasteiger partial charge in [-0.3, -0.25) is 0 Å². The summed E-state index contributed by atoms with van der Waals surface area (Å²) in [5.41, 5.74) is -0.931. The van der Waals surface area contributed by atoms with E-state index in [1.807, 2.05) is 0 Å². The topological polar surface area (TPSA) is 49.1 Å². The normalized spacial score (nSPS) is 25.2. The molecule has 2 aliphatic rings. The first kappa shape index (κ1) is 13.0. The molecule has 1 fully saturated rings. The van der Waals surface area contributed by atoms with E-state index < -0.39 is 11.9 Å². The molecule has 2 aliphatic heterocycles. The van der Waals surface area contributed by atoms with Gasteiger partial charge in [0.1, 0.15) is 12.3 Å². The Hall–Kier alpha value is -1.97. The zero-order chi connectivity index (χ0) is 14.3. The fraction of sp³-hybridized carbons (Fsp3) is 0.538. The van der Waals surface area contributed by atoms with Gasteiger partial charge in [0.2, 0.25) is 0 Å². The van der Waals surface area contributed by atoms with Gasteiger partial charge >= 0.3 is 6.18 Å². The van der Waals surface area contributed by atoms with Gasteiger partial charge in [-0.15, -0.1) is 0 Å². The minimum absolute atomic E-state index is 0.00286. The summed E-state index contributed by atoms with van der Waals surface area (Å²) in [6.45, 7) is 0.837. The second-order valence-electron chi connectivity index (χ2n) is 5.04. The second-order valence-corrected chi connectivity index (χ2v) is 5.04. The van der Waals surface area contributed by atoms with E-state index in [9.17, 15) is 13.2 Å². The van der Waals surface area contributed by atoms with E-state index in [2.05, 4.69) is 11.1 Å². The Morgan fingerprint density at radius 3 is 2.85 bits per heavy atom. The van der Waals surface area contributed by atoms with Crippen molar-refractivity contribution in [1.29, 1.82) is 5.26 Å². The molecule has 0 aliphatic carbocycles. The lowest BCUT2D eigenvalue weighted by Gasteiger charge is -2.42. The highest BCUT2D eigenvalue weighted by Crippen LogP contribution is 2.39. The number of piperidine rings is 1. The number of nitriles is 1. The molecule has 106 valence electrons. The first-order valence-electron chi connectivity index (χ1n) is 6.36. The molecule has 4 nitrogen and oxygen atoms in total. The van der Waals surface area contributed by atoms with E-state index in [0.717, 1.165) is 18.9 Å². The molecular weight excluding hydrogens is 271 g/mol. The summed E-state index contributed by atoms with van der Waals surface area (Å²) in [6.07, 6.45) is -3.00. The van der Waals surface area contributed by atoms with Gasteiger partial charge in [0, 0.05) is 6.54 Å². The average Bonchev–Trinajstić information content (AvgIpc) is 2.45. The number of aromatic nitrogens is 1. The Morgan fingerprint density at radius 2 is 2.15 bits per heavy atom. The van der Waals surface area contributed by atoms with Crippen LogP contribution in [0.2, 0.25) is 0 Å². The Bertz CT molecular complexity index is 567. The lowest BCUT2D eigenvalue weighted by atomic mass is 9.93. The molecule has 0 aromatic carbocycles. The fourth-order valence-corrected chi connectivity index (χ4v) is 2.66. The molecule has 0 bridgehead atoms. The molecule has 2 atom stereocenters. The van der Waals surface area contributed by atoms with E-state index in [4.69, 9.17) is 10.00 Å². The monoisotopic (exact) mass is 283 g/mol. The summed E-state index contributed by atoms with van der Waals surface area (Å²) >= 11 is 0. The van der Waals surface area contributed by atoms with Crippen LogP contribution in [0.5, 0.6) is 5.75 Å². The lowest BCUT2D eigenvalue weighted by molar-refractivity contribution is -0.141. The van der Waals surface area contributed by atoms with Gasteiger partial charge < -0.3 is 9.64 Å². The lowest BCUT2D eigenvalue weighted by Crippen LogP contribution is -2.49. The summed E-state index contributed by atoms with van der Waals surface area (Å²) in [7, 11) is 0. The molecule has 0 saturated carbocycles. The Morgan fingerprint density at radius 1 is 1.35 bits per heavy atom. The number of ether oxygens (including phenoxy) is 1. The molecule has 1 aromatic rings. The van der Waals surface area contributed by atoms with Crippen LogP contribution in [0.25, 0.3) is 0 Å². The largest absolute Gasteiger partial charge is 0.488 e. The zero-order valence-electron chi connectivity index (χ0n) is 10.5. The van der Waals surface area contributed by atoms with E-state index in [-0.39, 0.29) is 17.8 Å². The maximum Gasteiger partial charge on any atom is 0.433 e. The maximum absolute atomic E-state index is 12.8. The molecule has 3 rings (SSSR count). The molecule has 0 amide bonds. The zero-order valence-corrected chi connectivity index (χ0v) is 10.5. The van der Waals surface area contributed by atoms with Crippen molar-refractivity contribution in [3.05, 3.63) is 17.8 Å². The van der Waals surface area contributed by atoms with Crippen LogP contribution in [0, 0.1) is 17.2 Å². The van der Waals surface area contributed by atoms with E-state index >= 15 is 0 Å². The van der Waals surface area contributed by atoms with Gasteiger partial charge in [-0.1, -0.05) is 0 Å². The van der Waals surface area contributed by atoms with Gasteiger partial charge in [-0.25, -0.2) is 4.98 Å². The van der Waals surface area contributed by atoms with Crippen LogP contribution < -0.4 is 9.64 Å². The second kappa shape index (κ2) is 4.54. The van der Waals surface area contributed by atoms with Gasteiger partial charge in [-0.05, 0) is 25.0 Å². The minimum atomic E-state index is -4.48. The van der Waals surface area contributed by atoms with Crippen LogP contribution in [-0.4, -0.2) is 24.2 Å². The molecule has 2 unspecified atom stereocenters. The van der Waals surface area contributed by atoms with Crippen LogP contribution in [0.15, 0.2) is 12.1 Å². The number of rotatable bonds is 0. The summed E-state index contributed by atoms with van der Waals surface area (Å²) in [6, 6.07) is 4.41. The Balaban J connectivity index is 1.99. The highest BCUT2D eigenvalue weighted by atomic mass is 19.4. The number of alkyl halides is 3. The third kappa shape index (κ3) is 2.15. The number of hydrogen-bond donors (Lipinski definition) is 0. The van der Waals surface area contributed by atoms with Gasteiger partial charge in [-0.2, -0.15) is 18.4 Å². The molecule has 0 N–H and O–H groups in total. The van der Waals surface area contributed by atoms with Crippen molar-refractivity contribution in [3.8, 4) is 11.8 Å². The molecule has 7 heteroatoms. The summed E-state index contributed by atoms with van der Waals surface area (Å²) in [5.74, 6) is 0.386. The van der Waals surface area contributed by atoms with Crippen LogP contribution in [0.4, 0.5) is 19.0 Å². The molecule has 1 saturated heterocycles. The van der Waals surface area contributed by atoms with Crippen LogP contribution in [-0.2, 0) is 6.18 Å². The van der Waals surface area contributed by atoms with Gasteiger partial charge in [0.15, 0.2) is 11.6 Å². The number of halogens is 3. The van der Waals surface area contributed by atoms with E-state index in [0.29, 0.717) is 18.9 Å². The summed E-state index contributed by atoms with van der Waals surface area (Å²) in [5, 5.41) is 9.00. The number of pyridine rings is 1.